The van der Waals surface area contributed by atoms with Crippen LogP contribution >= 0.6 is 0 Å². The van der Waals surface area contributed by atoms with Crippen LogP contribution in [0.4, 0.5) is 5.82 Å². The molecule has 1 aromatic heterocycles. The summed E-state index contributed by atoms with van der Waals surface area (Å²) in [7, 11) is -2.08. The Hall–Kier alpha value is -1.86. The number of rotatable bonds is 3. The number of nitrogens with two attached hydrogens (primary N) is 1. The summed E-state index contributed by atoms with van der Waals surface area (Å²) in [4.78, 5) is 3.84. The highest BCUT2D eigenvalue weighted by Crippen LogP contribution is 2.31. The van der Waals surface area contributed by atoms with Crippen LogP contribution in [0.5, 0.6) is 0 Å². The van der Waals surface area contributed by atoms with E-state index >= 15 is 0 Å². The molecule has 0 saturated carbocycles. The third kappa shape index (κ3) is 2.54. The molecule has 0 amide bonds. The van der Waals surface area contributed by atoms with Crippen LogP contribution in [-0.4, -0.2) is 18.0 Å². The minimum atomic E-state index is -3.70. The largest absolute Gasteiger partial charge is 0.381 e. The molecule has 1 aliphatic carbocycles. The number of aromatic nitrogens is 2. The van der Waals surface area contributed by atoms with Crippen molar-refractivity contribution in [3.8, 4) is 0 Å². The van der Waals surface area contributed by atoms with Crippen molar-refractivity contribution >= 4 is 15.8 Å². The molecule has 0 fully saturated rings. The molecule has 1 heterocycles. The number of fused-ring (bicyclic) bond motifs is 1. The number of nitrogens with zero attached hydrogens (tertiary/aromatic N) is 2. The van der Waals surface area contributed by atoms with Gasteiger partial charge in [0.25, 0.3) is 10.0 Å². The smallest absolute Gasteiger partial charge is 0.260 e. The van der Waals surface area contributed by atoms with Crippen LogP contribution in [0.2, 0.25) is 0 Å². The van der Waals surface area contributed by atoms with Gasteiger partial charge in [-0.3, -0.25) is 0 Å². The maximum atomic E-state index is 12.6. The number of anilines is 1. The van der Waals surface area contributed by atoms with Crippen molar-refractivity contribution in [1.29, 1.82) is 0 Å². The van der Waals surface area contributed by atoms with Gasteiger partial charge in [0.1, 0.15) is 0 Å². The lowest BCUT2D eigenvalue weighted by Crippen LogP contribution is -2.32. The molecule has 0 radical (unpaired) electrons. The molecular formula is C14H18N4O2S. The van der Waals surface area contributed by atoms with Crippen LogP contribution < -0.4 is 10.5 Å². The zero-order valence-electron chi connectivity index (χ0n) is 11.8. The van der Waals surface area contributed by atoms with Crippen molar-refractivity contribution in [2.24, 2.45) is 7.05 Å². The molecule has 1 unspecified atom stereocenters. The molecule has 3 N–H and O–H groups in total. The van der Waals surface area contributed by atoms with Crippen molar-refractivity contribution in [2.75, 3.05) is 5.73 Å². The molecule has 1 aliphatic rings. The molecule has 7 heteroatoms. The number of sulfonamides is 1. The quantitative estimate of drug-likeness (QED) is 0.896. The molecule has 0 bridgehead atoms. The van der Waals surface area contributed by atoms with E-state index in [1.54, 1.807) is 7.05 Å². The first-order valence-electron chi connectivity index (χ1n) is 6.86. The summed E-state index contributed by atoms with van der Waals surface area (Å²) in [6.45, 7) is 0. The molecule has 0 aliphatic heterocycles. The number of nitrogens with one attached hydrogen (secondary N) is 1. The van der Waals surface area contributed by atoms with Crippen molar-refractivity contribution in [3.05, 3.63) is 41.7 Å². The molecule has 112 valence electrons. The summed E-state index contributed by atoms with van der Waals surface area (Å²) in [5.74, 6) is 0.0223. The van der Waals surface area contributed by atoms with Gasteiger partial charge >= 0.3 is 0 Å². The second-order valence-electron chi connectivity index (χ2n) is 5.31. The zero-order valence-corrected chi connectivity index (χ0v) is 12.6. The summed E-state index contributed by atoms with van der Waals surface area (Å²) in [5.41, 5.74) is 7.93. The molecule has 21 heavy (non-hydrogen) atoms. The van der Waals surface area contributed by atoms with Gasteiger partial charge in [-0.2, -0.15) is 0 Å². The SMILES string of the molecule is Cn1cnc(N)c1S(=O)(=O)NC1CCCc2ccccc21. The Kier molecular flexibility index (Phi) is 3.46. The second-order valence-corrected chi connectivity index (χ2v) is 6.94. The third-order valence-corrected chi connectivity index (χ3v) is 5.43. The average molecular weight is 306 g/mol. The van der Waals surface area contributed by atoms with E-state index in [1.807, 2.05) is 24.3 Å². The van der Waals surface area contributed by atoms with E-state index in [0.717, 1.165) is 24.8 Å². The van der Waals surface area contributed by atoms with E-state index in [4.69, 9.17) is 5.73 Å². The van der Waals surface area contributed by atoms with Gasteiger partial charge in [0.2, 0.25) is 0 Å². The Morgan fingerprint density at radius 2 is 2.14 bits per heavy atom. The van der Waals surface area contributed by atoms with E-state index < -0.39 is 10.0 Å². The first-order chi connectivity index (χ1) is 9.99. The molecule has 0 spiro atoms. The van der Waals surface area contributed by atoms with Crippen molar-refractivity contribution in [3.63, 3.8) is 0 Å². The Morgan fingerprint density at radius 1 is 1.38 bits per heavy atom. The highest BCUT2D eigenvalue weighted by molar-refractivity contribution is 7.89. The van der Waals surface area contributed by atoms with Gasteiger partial charge in [0.05, 0.1) is 6.33 Å². The summed E-state index contributed by atoms with van der Waals surface area (Å²) < 4.78 is 29.3. The average Bonchev–Trinajstić information content (AvgIpc) is 2.79. The Bertz CT molecular complexity index is 748. The number of imidazole rings is 1. The Labute approximate surface area is 124 Å². The molecule has 2 aromatic rings. The van der Waals surface area contributed by atoms with E-state index in [9.17, 15) is 8.42 Å². The first-order valence-corrected chi connectivity index (χ1v) is 8.34. The van der Waals surface area contributed by atoms with E-state index in [0.29, 0.717) is 0 Å². The van der Waals surface area contributed by atoms with E-state index in [1.165, 1.54) is 16.5 Å². The molecule has 3 rings (SSSR count). The summed E-state index contributed by atoms with van der Waals surface area (Å²) in [6.07, 6.45) is 4.14. The lowest BCUT2D eigenvalue weighted by molar-refractivity contribution is 0.503. The topological polar surface area (TPSA) is 90.0 Å². The predicted molar refractivity (Wildman–Crippen MR) is 80.1 cm³/mol. The number of aryl methyl sites for hydroxylation is 2. The van der Waals surface area contributed by atoms with Crippen molar-refractivity contribution < 1.29 is 8.42 Å². The van der Waals surface area contributed by atoms with Gasteiger partial charge < -0.3 is 10.3 Å². The van der Waals surface area contributed by atoms with Crippen LogP contribution in [0, 0.1) is 0 Å². The maximum Gasteiger partial charge on any atom is 0.260 e. The van der Waals surface area contributed by atoms with Gasteiger partial charge in [-0.1, -0.05) is 24.3 Å². The van der Waals surface area contributed by atoms with Crippen LogP contribution in [-0.2, 0) is 23.5 Å². The van der Waals surface area contributed by atoms with E-state index in [2.05, 4.69) is 9.71 Å². The maximum absolute atomic E-state index is 12.6. The monoisotopic (exact) mass is 306 g/mol. The highest BCUT2D eigenvalue weighted by atomic mass is 32.2. The molecule has 1 atom stereocenters. The lowest BCUT2D eigenvalue weighted by Gasteiger charge is -2.26. The van der Waals surface area contributed by atoms with Gasteiger partial charge in [-0.05, 0) is 30.4 Å². The predicted octanol–water partition coefficient (Wildman–Crippen LogP) is 1.36. The third-order valence-electron chi connectivity index (χ3n) is 3.83. The molecule has 1 aromatic carbocycles. The molecular weight excluding hydrogens is 288 g/mol. The van der Waals surface area contributed by atoms with Gasteiger partial charge in [-0.15, -0.1) is 0 Å². The number of hydrogen-bond acceptors (Lipinski definition) is 4. The Morgan fingerprint density at radius 3 is 2.86 bits per heavy atom. The van der Waals surface area contributed by atoms with Crippen LogP contribution in [0.25, 0.3) is 0 Å². The zero-order chi connectivity index (χ0) is 15.0. The second kappa shape index (κ2) is 5.16. The van der Waals surface area contributed by atoms with Crippen LogP contribution in [0.3, 0.4) is 0 Å². The van der Waals surface area contributed by atoms with Gasteiger partial charge in [0.15, 0.2) is 10.8 Å². The lowest BCUT2D eigenvalue weighted by atomic mass is 9.88. The Balaban J connectivity index is 1.94. The summed E-state index contributed by atoms with van der Waals surface area (Å²) in [6, 6.07) is 7.73. The normalized spacial score (nSPS) is 18.4. The summed E-state index contributed by atoms with van der Waals surface area (Å²) >= 11 is 0. The van der Waals surface area contributed by atoms with Crippen molar-refractivity contribution in [2.45, 2.75) is 30.3 Å². The van der Waals surface area contributed by atoms with Gasteiger partial charge in [-0.25, -0.2) is 18.1 Å². The summed E-state index contributed by atoms with van der Waals surface area (Å²) in [5, 5.41) is 0.0190. The number of nitrogen functional groups attached to an aromatic ring is 1. The fourth-order valence-electron chi connectivity index (χ4n) is 2.88. The molecule has 6 nitrogen and oxygen atoms in total. The number of hydrogen-bond donors (Lipinski definition) is 2. The minimum absolute atomic E-state index is 0.0190. The fourth-order valence-corrected chi connectivity index (χ4v) is 4.37. The standard InChI is InChI=1S/C14H18N4O2S/c1-18-9-16-13(15)14(18)21(19,20)17-12-8-4-6-10-5-2-3-7-11(10)12/h2-3,5,7,9,12,17H,4,6,8,15H2,1H3. The van der Waals surface area contributed by atoms with Gasteiger partial charge in [0, 0.05) is 13.1 Å². The van der Waals surface area contributed by atoms with Crippen molar-refractivity contribution in [1.82, 2.24) is 14.3 Å². The van der Waals surface area contributed by atoms with Crippen LogP contribution in [0.15, 0.2) is 35.6 Å². The number of benzene rings is 1. The van der Waals surface area contributed by atoms with Crippen LogP contribution in [0.1, 0.15) is 30.0 Å². The minimum Gasteiger partial charge on any atom is -0.381 e. The highest BCUT2D eigenvalue weighted by Gasteiger charge is 2.28. The fraction of sp³-hybridized carbons (Fsp3) is 0.357. The first kappa shape index (κ1) is 14.1. The molecule has 0 saturated heterocycles. The van der Waals surface area contributed by atoms with E-state index in [-0.39, 0.29) is 16.9 Å².